The Kier molecular flexibility index (Phi) is 7.84. The molecule has 0 atom stereocenters. The van der Waals surface area contributed by atoms with E-state index in [1.54, 1.807) is 7.11 Å². The van der Waals surface area contributed by atoms with Crippen LogP contribution in [0.3, 0.4) is 0 Å². The highest BCUT2D eigenvalue weighted by Gasteiger charge is 2.20. The lowest BCUT2D eigenvalue weighted by molar-refractivity contribution is 0.415. The Balaban J connectivity index is 0.000000254. The largest absolute Gasteiger partial charge is 0.496 e. The molecule has 3 nitrogen and oxygen atoms in total. The van der Waals surface area contributed by atoms with Crippen LogP contribution in [0.4, 0.5) is 0 Å². The number of fused-ring (bicyclic) bond motifs is 1. The molecule has 0 saturated carbocycles. The highest BCUT2D eigenvalue weighted by Crippen LogP contribution is 2.37. The number of hydrogen-bond donors (Lipinski definition) is 0. The van der Waals surface area contributed by atoms with Crippen LogP contribution in [0.5, 0.6) is 5.75 Å². The van der Waals surface area contributed by atoms with E-state index >= 15 is 0 Å². The summed E-state index contributed by atoms with van der Waals surface area (Å²) < 4.78 is 5.66. The van der Waals surface area contributed by atoms with E-state index in [-0.39, 0.29) is 0 Å². The smallest absolute Gasteiger partial charge is 0.128 e. The Morgan fingerprint density at radius 1 is 0.903 bits per heavy atom. The second kappa shape index (κ2) is 10.6. The first-order valence-electron chi connectivity index (χ1n) is 11.6. The van der Waals surface area contributed by atoms with Crippen LogP contribution in [0.15, 0.2) is 42.5 Å². The molecule has 4 rings (SSSR count). The van der Waals surface area contributed by atoms with Crippen LogP contribution in [0.2, 0.25) is 0 Å². The van der Waals surface area contributed by atoms with Crippen molar-refractivity contribution in [1.82, 2.24) is 9.97 Å². The summed E-state index contributed by atoms with van der Waals surface area (Å²) in [5.74, 6) is 1.58. The summed E-state index contributed by atoms with van der Waals surface area (Å²) in [6.07, 6.45) is 5.35. The minimum absolute atomic E-state index is 0.659. The molecule has 3 aromatic rings. The van der Waals surface area contributed by atoms with Gasteiger partial charge < -0.3 is 4.74 Å². The molecule has 164 valence electrons. The van der Waals surface area contributed by atoms with Gasteiger partial charge >= 0.3 is 0 Å². The molecule has 0 bridgehead atoms. The molecular weight excluding hydrogens is 380 g/mol. The number of ether oxygens (including phenoxy) is 1. The van der Waals surface area contributed by atoms with Crippen molar-refractivity contribution in [2.75, 3.05) is 7.11 Å². The number of benzene rings is 2. The van der Waals surface area contributed by atoms with E-state index in [4.69, 9.17) is 14.7 Å². The molecular formula is C28H36N2O. The summed E-state index contributed by atoms with van der Waals surface area (Å²) >= 11 is 0. The van der Waals surface area contributed by atoms with Gasteiger partial charge in [0.05, 0.1) is 29.9 Å². The third kappa shape index (κ3) is 5.33. The molecule has 31 heavy (non-hydrogen) atoms. The van der Waals surface area contributed by atoms with E-state index < -0.39 is 0 Å². The standard InChI is InChI=1S/C19H24N2O.C9H12/c1-5-16-12(3)20-17(6-2)19(21-16)15-10-13-8-7-9-14(13)11-18(15)22-4;1-8(2)9-6-4-3-5-7-9/h10-11H,5-9H2,1-4H3;3-8H,1-2H3. The van der Waals surface area contributed by atoms with Crippen LogP contribution < -0.4 is 4.74 Å². The molecule has 2 aromatic carbocycles. The summed E-state index contributed by atoms with van der Waals surface area (Å²) in [6.45, 7) is 10.7. The van der Waals surface area contributed by atoms with Crippen molar-refractivity contribution in [2.24, 2.45) is 0 Å². The van der Waals surface area contributed by atoms with E-state index in [2.05, 4.69) is 71.0 Å². The second-order valence-electron chi connectivity index (χ2n) is 8.50. The van der Waals surface area contributed by atoms with Crippen molar-refractivity contribution in [2.45, 2.75) is 72.6 Å². The molecule has 0 N–H and O–H groups in total. The van der Waals surface area contributed by atoms with E-state index in [1.807, 2.05) is 6.07 Å². The van der Waals surface area contributed by atoms with Crippen molar-refractivity contribution in [3.8, 4) is 17.0 Å². The Bertz CT molecular complexity index is 1000. The van der Waals surface area contributed by atoms with Crippen molar-refractivity contribution in [3.05, 3.63) is 76.2 Å². The van der Waals surface area contributed by atoms with Gasteiger partial charge in [-0.2, -0.15) is 0 Å². The molecule has 0 amide bonds. The van der Waals surface area contributed by atoms with Gasteiger partial charge in [0.25, 0.3) is 0 Å². The molecule has 0 spiro atoms. The van der Waals surface area contributed by atoms with Gasteiger partial charge in [0.15, 0.2) is 0 Å². The summed E-state index contributed by atoms with van der Waals surface area (Å²) in [5.41, 5.74) is 9.56. The van der Waals surface area contributed by atoms with Crippen LogP contribution in [0.25, 0.3) is 11.3 Å². The van der Waals surface area contributed by atoms with Gasteiger partial charge in [0.2, 0.25) is 0 Å². The maximum absolute atomic E-state index is 5.66. The quantitative estimate of drug-likeness (QED) is 0.454. The van der Waals surface area contributed by atoms with Crippen LogP contribution in [0.1, 0.15) is 73.8 Å². The summed E-state index contributed by atoms with van der Waals surface area (Å²) in [5, 5.41) is 0. The molecule has 1 heterocycles. The van der Waals surface area contributed by atoms with E-state index in [0.717, 1.165) is 59.8 Å². The molecule has 3 heteroatoms. The van der Waals surface area contributed by atoms with E-state index in [9.17, 15) is 0 Å². The maximum Gasteiger partial charge on any atom is 0.128 e. The number of methoxy groups -OCH3 is 1. The lowest BCUT2D eigenvalue weighted by Crippen LogP contribution is -2.05. The molecule has 0 saturated heterocycles. The lowest BCUT2D eigenvalue weighted by Gasteiger charge is -2.15. The van der Waals surface area contributed by atoms with Crippen LogP contribution in [-0.4, -0.2) is 17.1 Å². The Morgan fingerprint density at radius 3 is 2.10 bits per heavy atom. The Morgan fingerprint density at radius 2 is 1.55 bits per heavy atom. The van der Waals surface area contributed by atoms with E-state index in [1.165, 1.54) is 23.1 Å². The monoisotopic (exact) mass is 416 g/mol. The third-order valence-corrected chi connectivity index (χ3v) is 6.05. The van der Waals surface area contributed by atoms with Gasteiger partial charge in [-0.1, -0.05) is 58.0 Å². The minimum atomic E-state index is 0.659. The fourth-order valence-corrected chi connectivity index (χ4v) is 4.19. The summed E-state index contributed by atoms with van der Waals surface area (Å²) in [6, 6.07) is 15.0. The normalized spacial score (nSPS) is 12.4. The zero-order chi connectivity index (χ0) is 22.4. The fraction of sp³-hybridized carbons (Fsp3) is 0.429. The first-order valence-corrected chi connectivity index (χ1v) is 11.6. The predicted molar refractivity (Wildman–Crippen MR) is 130 cm³/mol. The van der Waals surface area contributed by atoms with Crippen LogP contribution in [0, 0.1) is 6.92 Å². The minimum Gasteiger partial charge on any atom is -0.496 e. The molecule has 1 aliphatic carbocycles. The van der Waals surface area contributed by atoms with Crippen molar-refractivity contribution in [1.29, 1.82) is 0 Å². The Labute approximate surface area is 187 Å². The zero-order valence-electron chi connectivity index (χ0n) is 20.0. The number of hydrogen-bond acceptors (Lipinski definition) is 3. The lowest BCUT2D eigenvalue weighted by atomic mass is 10.00. The topological polar surface area (TPSA) is 35.0 Å². The van der Waals surface area contributed by atoms with Gasteiger partial charge in [-0.15, -0.1) is 0 Å². The van der Waals surface area contributed by atoms with Crippen molar-refractivity contribution in [3.63, 3.8) is 0 Å². The fourth-order valence-electron chi connectivity index (χ4n) is 4.19. The number of nitrogens with zero attached hydrogens (tertiary/aromatic N) is 2. The first kappa shape index (κ1) is 23.0. The third-order valence-electron chi connectivity index (χ3n) is 6.05. The SMILES string of the molecule is CC(C)c1ccccc1.CCc1nc(-c2cc3c(cc2OC)CCC3)c(CC)nc1C. The highest BCUT2D eigenvalue weighted by molar-refractivity contribution is 5.71. The number of aromatic nitrogens is 2. The van der Waals surface area contributed by atoms with Gasteiger partial charge in [-0.05, 0) is 73.8 Å². The average Bonchev–Trinajstić information content (AvgIpc) is 3.26. The number of aryl methyl sites for hydroxylation is 5. The molecule has 1 aromatic heterocycles. The van der Waals surface area contributed by atoms with Crippen molar-refractivity contribution < 1.29 is 4.74 Å². The molecule has 0 radical (unpaired) electrons. The summed E-state index contributed by atoms with van der Waals surface area (Å²) in [7, 11) is 1.74. The second-order valence-corrected chi connectivity index (χ2v) is 8.50. The maximum atomic E-state index is 5.66. The van der Waals surface area contributed by atoms with Crippen LogP contribution >= 0.6 is 0 Å². The van der Waals surface area contributed by atoms with Crippen LogP contribution in [-0.2, 0) is 25.7 Å². The molecule has 1 aliphatic rings. The predicted octanol–water partition coefficient (Wildman–Crippen LogP) is 6.88. The molecule has 0 aliphatic heterocycles. The number of rotatable bonds is 5. The van der Waals surface area contributed by atoms with Gasteiger partial charge in [0.1, 0.15) is 5.75 Å². The van der Waals surface area contributed by atoms with Gasteiger partial charge in [0, 0.05) is 5.56 Å². The van der Waals surface area contributed by atoms with E-state index in [0.29, 0.717) is 5.92 Å². The molecule has 0 fully saturated rings. The first-order chi connectivity index (χ1) is 15.0. The van der Waals surface area contributed by atoms with Crippen molar-refractivity contribution >= 4 is 0 Å². The van der Waals surface area contributed by atoms with Gasteiger partial charge in [-0.3, -0.25) is 4.98 Å². The molecule has 0 unspecified atom stereocenters. The highest BCUT2D eigenvalue weighted by atomic mass is 16.5. The van der Waals surface area contributed by atoms with Gasteiger partial charge in [-0.25, -0.2) is 4.98 Å². The summed E-state index contributed by atoms with van der Waals surface area (Å²) in [4.78, 5) is 9.71. The average molecular weight is 417 g/mol. The Hall–Kier alpha value is -2.68. The zero-order valence-corrected chi connectivity index (χ0v) is 20.0.